The number of fused-ring (bicyclic) bond motifs is 2. The van der Waals surface area contributed by atoms with Crippen LogP contribution >= 0.6 is 0 Å². The van der Waals surface area contributed by atoms with E-state index in [-0.39, 0.29) is 17.2 Å². The molecule has 10 heteroatoms. The predicted octanol–water partition coefficient (Wildman–Crippen LogP) is 5.10. The van der Waals surface area contributed by atoms with Crippen LogP contribution in [0, 0.1) is 0 Å². The lowest BCUT2D eigenvalue weighted by Gasteiger charge is -2.08. The maximum absolute atomic E-state index is 13.0. The van der Waals surface area contributed by atoms with Gasteiger partial charge in [-0.2, -0.15) is 0 Å². The number of rotatable bonds is 6. The number of nitrogens with zero attached hydrogens (tertiary/aromatic N) is 2. The molecule has 3 aromatic heterocycles. The van der Waals surface area contributed by atoms with Crippen molar-refractivity contribution in [3.63, 3.8) is 0 Å². The number of nitrogen functional groups attached to an aromatic ring is 1. The Morgan fingerprint density at radius 2 is 1.72 bits per heavy atom. The summed E-state index contributed by atoms with van der Waals surface area (Å²) in [5.41, 5.74) is 9.78. The first-order valence-electron chi connectivity index (χ1n) is 12.0. The number of ether oxygens (including phenoxy) is 2. The second-order valence-electron chi connectivity index (χ2n) is 8.72. The van der Waals surface area contributed by atoms with Crippen molar-refractivity contribution in [2.45, 2.75) is 0 Å². The molecule has 3 aromatic carbocycles. The van der Waals surface area contributed by atoms with E-state index in [4.69, 9.17) is 15.2 Å². The normalized spacial score (nSPS) is 11.0. The second kappa shape index (κ2) is 9.67. The molecule has 0 aliphatic carbocycles. The van der Waals surface area contributed by atoms with Crippen molar-refractivity contribution < 1.29 is 14.3 Å². The number of para-hydroxylation sites is 2. The molecule has 0 spiro atoms. The molecule has 6 aromatic rings. The number of nitrogens with one attached hydrogen (secondary N) is 3. The topological polar surface area (TPSA) is 148 Å². The first-order valence-corrected chi connectivity index (χ1v) is 12.0. The van der Waals surface area contributed by atoms with E-state index < -0.39 is 0 Å². The summed E-state index contributed by atoms with van der Waals surface area (Å²) < 4.78 is 10.9. The molecule has 10 nitrogen and oxygen atoms in total. The van der Waals surface area contributed by atoms with E-state index in [1.165, 1.54) is 6.20 Å². The van der Waals surface area contributed by atoms with Gasteiger partial charge < -0.3 is 30.5 Å². The van der Waals surface area contributed by atoms with Crippen LogP contribution in [-0.2, 0) is 0 Å². The van der Waals surface area contributed by atoms with Crippen LogP contribution in [0.5, 0.6) is 17.4 Å². The molecule has 0 radical (unpaired) electrons. The molecular weight excluding hydrogens is 496 g/mol. The minimum atomic E-state index is -0.364. The van der Waals surface area contributed by atoms with Crippen molar-refractivity contribution in [1.82, 2.24) is 19.9 Å². The monoisotopic (exact) mass is 518 g/mol. The summed E-state index contributed by atoms with van der Waals surface area (Å²) in [4.78, 5) is 40.5. The fraction of sp³-hybridized carbons (Fsp3) is 0.0345. The standard InChI is InChI=1S/C29H22N6O4/c1-38-18-8-10-19(11-9-18)39-24-13-7-17(15-31-24)32-28(36)16-6-12-21-20(14-16)25(30)26(33-21)27-29(37)35-23-5-3-2-4-22(23)34-27/h2-15,33H,30H2,1H3,(H,32,36)(H,35,37). The number of nitrogens with two attached hydrogens (primary N) is 1. The van der Waals surface area contributed by atoms with E-state index in [0.717, 1.165) is 5.75 Å². The van der Waals surface area contributed by atoms with Gasteiger partial charge in [-0.05, 0) is 60.7 Å². The molecule has 0 bridgehead atoms. The molecule has 39 heavy (non-hydrogen) atoms. The summed E-state index contributed by atoms with van der Waals surface area (Å²) in [5, 5.41) is 3.43. The van der Waals surface area contributed by atoms with Gasteiger partial charge in [0.2, 0.25) is 5.88 Å². The number of aromatic amines is 2. The van der Waals surface area contributed by atoms with E-state index in [9.17, 15) is 9.59 Å². The summed E-state index contributed by atoms with van der Waals surface area (Å²) in [7, 11) is 1.60. The highest BCUT2D eigenvalue weighted by Crippen LogP contribution is 2.31. The molecule has 0 fully saturated rings. The van der Waals surface area contributed by atoms with Crippen LogP contribution < -0.4 is 26.1 Å². The summed E-state index contributed by atoms with van der Waals surface area (Å²) >= 11 is 0. The van der Waals surface area contributed by atoms with Gasteiger partial charge in [-0.15, -0.1) is 0 Å². The number of methoxy groups -OCH3 is 1. The Kier molecular flexibility index (Phi) is 5.89. The Bertz CT molecular complexity index is 1890. The lowest BCUT2D eigenvalue weighted by Crippen LogP contribution is -2.12. The number of H-pyrrole nitrogens is 2. The number of aromatic nitrogens is 4. The van der Waals surface area contributed by atoms with Crippen LogP contribution in [0.25, 0.3) is 33.3 Å². The first-order chi connectivity index (χ1) is 19.0. The molecule has 192 valence electrons. The molecule has 0 aliphatic rings. The van der Waals surface area contributed by atoms with Gasteiger partial charge in [-0.25, -0.2) is 9.97 Å². The number of pyridine rings is 1. The van der Waals surface area contributed by atoms with Crippen molar-refractivity contribution in [2.24, 2.45) is 0 Å². The lowest BCUT2D eigenvalue weighted by molar-refractivity contribution is 0.102. The van der Waals surface area contributed by atoms with Crippen LogP contribution in [0.4, 0.5) is 11.4 Å². The highest BCUT2D eigenvalue weighted by molar-refractivity contribution is 6.09. The van der Waals surface area contributed by atoms with Crippen LogP contribution in [0.3, 0.4) is 0 Å². The van der Waals surface area contributed by atoms with Crippen molar-refractivity contribution in [1.29, 1.82) is 0 Å². The van der Waals surface area contributed by atoms with E-state index >= 15 is 0 Å². The van der Waals surface area contributed by atoms with Crippen LogP contribution in [-0.4, -0.2) is 33.0 Å². The lowest BCUT2D eigenvalue weighted by atomic mass is 10.1. The zero-order chi connectivity index (χ0) is 26.9. The van der Waals surface area contributed by atoms with Crippen molar-refractivity contribution in [2.75, 3.05) is 18.2 Å². The Labute approximate surface area is 221 Å². The zero-order valence-corrected chi connectivity index (χ0v) is 20.7. The number of amides is 1. The fourth-order valence-electron chi connectivity index (χ4n) is 4.22. The summed E-state index contributed by atoms with van der Waals surface area (Å²) in [5.74, 6) is 1.37. The number of carbonyl (C=O) groups excluding carboxylic acids is 1. The Balaban J connectivity index is 1.22. The Morgan fingerprint density at radius 1 is 0.923 bits per heavy atom. The van der Waals surface area contributed by atoms with Gasteiger partial charge >= 0.3 is 0 Å². The second-order valence-corrected chi connectivity index (χ2v) is 8.72. The molecule has 0 saturated carbocycles. The molecular formula is C29H22N6O4. The van der Waals surface area contributed by atoms with E-state index in [1.54, 1.807) is 67.8 Å². The third-order valence-electron chi connectivity index (χ3n) is 6.21. The molecule has 3 heterocycles. The average molecular weight is 519 g/mol. The van der Waals surface area contributed by atoms with Crippen LogP contribution in [0.1, 0.15) is 10.4 Å². The smallest absolute Gasteiger partial charge is 0.276 e. The first kappa shape index (κ1) is 23.7. The van der Waals surface area contributed by atoms with Gasteiger partial charge in [0, 0.05) is 22.5 Å². The van der Waals surface area contributed by atoms with Gasteiger partial charge in [-0.1, -0.05) is 12.1 Å². The van der Waals surface area contributed by atoms with Gasteiger partial charge in [0.05, 0.1) is 41.4 Å². The minimum absolute atomic E-state index is 0.177. The maximum Gasteiger partial charge on any atom is 0.276 e. The molecule has 6 rings (SSSR count). The number of benzene rings is 3. The molecule has 0 atom stereocenters. The van der Waals surface area contributed by atoms with Gasteiger partial charge in [0.25, 0.3) is 11.5 Å². The third kappa shape index (κ3) is 4.62. The van der Waals surface area contributed by atoms with Crippen LogP contribution in [0.15, 0.2) is 89.9 Å². The predicted molar refractivity (Wildman–Crippen MR) is 149 cm³/mol. The highest BCUT2D eigenvalue weighted by atomic mass is 16.5. The SMILES string of the molecule is COc1ccc(Oc2ccc(NC(=O)c3ccc4[nH]c(-c5nc6ccccc6[nH]c5=O)c(N)c4c3)cn2)cc1. The van der Waals surface area contributed by atoms with Gasteiger partial charge in [-0.3, -0.25) is 9.59 Å². The summed E-state index contributed by atoms with van der Waals surface area (Å²) in [6.45, 7) is 0. The maximum atomic E-state index is 13.0. The minimum Gasteiger partial charge on any atom is -0.497 e. The average Bonchev–Trinajstić information content (AvgIpc) is 3.29. The quantitative estimate of drug-likeness (QED) is 0.240. The van der Waals surface area contributed by atoms with Crippen molar-refractivity contribution in [3.8, 4) is 28.8 Å². The van der Waals surface area contributed by atoms with E-state index in [1.807, 2.05) is 18.2 Å². The van der Waals surface area contributed by atoms with E-state index in [0.29, 0.717) is 56.2 Å². The van der Waals surface area contributed by atoms with Crippen molar-refractivity contribution >= 4 is 39.2 Å². The number of hydrogen-bond donors (Lipinski definition) is 4. The molecule has 5 N–H and O–H groups in total. The zero-order valence-electron chi connectivity index (χ0n) is 20.7. The number of anilines is 2. The summed E-state index contributed by atoms with van der Waals surface area (Å²) in [6, 6.07) is 22.8. The molecule has 1 amide bonds. The van der Waals surface area contributed by atoms with E-state index in [2.05, 4.69) is 25.3 Å². The van der Waals surface area contributed by atoms with Gasteiger partial charge in [0.15, 0.2) is 5.69 Å². The fourth-order valence-corrected chi connectivity index (χ4v) is 4.22. The number of hydrogen-bond acceptors (Lipinski definition) is 7. The van der Waals surface area contributed by atoms with Gasteiger partial charge in [0.1, 0.15) is 11.5 Å². The summed E-state index contributed by atoms with van der Waals surface area (Å²) in [6.07, 6.45) is 1.51. The largest absolute Gasteiger partial charge is 0.497 e. The third-order valence-corrected chi connectivity index (χ3v) is 6.21. The van der Waals surface area contributed by atoms with Crippen molar-refractivity contribution in [3.05, 3.63) is 101 Å². The Hall–Kier alpha value is -5.64. The van der Waals surface area contributed by atoms with Crippen LogP contribution in [0.2, 0.25) is 0 Å². The molecule has 0 aliphatic heterocycles. The highest BCUT2D eigenvalue weighted by Gasteiger charge is 2.17. The Morgan fingerprint density at radius 3 is 2.49 bits per heavy atom. The molecule has 0 unspecified atom stereocenters. The number of carbonyl (C=O) groups is 1. The molecule has 0 saturated heterocycles.